The molecule has 3 N–H and O–H groups in total. The minimum Gasteiger partial charge on any atom is -0.507 e. The molecule has 0 atom stereocenters. The van der Waals surface area contributed by atoms with Crippen molar-refractivity contribution in [2.24, 2.45) is 0 Å². The lowest BCUT2D eigenvalue weighted by molar-refractivity contribution is 0.0888. The highest BCUT2D eigenvalue weighted by molar-refractivity contribution is 5.97. The van der Waals surface area contributed by atoms with E-state index in [1.54, 1.807) is 12.1 Å². The first kappa shape index (κ1) is 26.0. The lowest BCUT2D eigenvalue weighted by atomic mass is 9.90. The number of hydrogen-bond acceptors (Lipinski definition) is 5. The fraction of sp³-hybridized carbons (Fsp3) is 0.296. The third kappa shape index (κ3) is 6.19. The molecular formula is C27H26F3N3O4. The largest absolute Gasteiger partial charge is 0.507 e. The second-order valence-corrected chi connectivity index (χ2v) is 9.13. The van der Waals surface area contributed by atoms with E-state index >= 15 is 0 Å². The molecule has 1 aromatic heterocycles. The number of aryl methyl sites for hydroxylation is 2. The van der Waals surface area contributed by atoms with Crippen LogP contribution in [0.2, 0.25) is 0 Å². The molecule has 3 aromatic rings. The van der Waals surface area contributed by atoms with Crippen molar-refractivity contribution in [2.45, 2.75) is 51.6 Å². The van der Waals surface area contributed by atoms with E-state index in [0.29, 0.717) is 25.7 Å². The van der Waals surface area contributed by atoms with Crippen LogP contribution in [0.4, 0.5) is 13.2 Å². The Kier molecular flexibility index (Phi) is 7.66. The normalized spacial score (nSPS) is 17.2. The standard InChI is InChI=1S/C27H26F3N3O4/c1-14-9-20(24(34)10-15(14)2)25(35)32-17-3-5-18(6-4-17)33-26(36)21-11-16(28)13-31-27(21)37-19-7-8-22(29)23(30)12-19/h7-13,17-18,34H,3-6H2,1-2H3,(H,32,35)(H,33,36). The zero-order valence-electron chi connectivity index (χ0n) is 20.3. The monoisotopic (exact) mass is 513 g/mol. The average molecular weight is 514 g/mol. The summed E-state index contributed by atoms with van der Waals surface area (Å²) in [4.78, 5) is 29.4. The summed E-state index contributed by atoms with van der Waals surface area (Å²) in [6.45, 7) is 3.71. The molecule has 1 aliphatic carbocycles. The summed E-state index contributed by atoms with van der Waals surface area (Å²) < 4.78 is 46.0. The predicted octanol–water partition coefficient (Wildman–Crippen LogP) is 5.08. The number of rotatable bonds is 6. The summed E-state index contributed by atoms with van der Waals surface area (Å²) in [5.41, 5.74) is 1.81. The lowest BCUT2D eigenvalue weighted by Gasteiger charge is -2.30. The summed E-state index contributed by atoms with van der Waals surface area (Å²) >= 11 is 0. The second kappa shape index (κ2) is 10.9. The molecule has 2 aromatic carbocycles. The third-order valence-corrected chi connectivity index (χ3v) is 6.42. The van der Waals surface area contributed by atoms with E-state index in [2.05, 4.69) is 15.6 Å². The molecule has 10 heteroatoms. The molecule has 1 aliphatic rings. The Balaban J connectivity index is 1.36. The number of aromatic hydroxyl groups is 1. The molecule has 1 fully saturated rings. The number of nitrogens with one attached hydrogen (secondary N) is 2. The number of carbonyl (C=O) groups excluding carboxylic acids is 2. The van der Waals surface area contributed by atoms with Crippen LogP contribution in [-0.2, 0) is 0 Å². The number of ether oxygens (including phenoxy) is 1. The van der Waals surface area contributed by atoms with Crippen LogP contribution in [0.25, 0.3) is 0 Å². The molecule has 0 bridgehead atoms. The first-order valence-corrected chi connectivity index (χ1v) is 11.8. The summed E-state index contributed by atoms with van der Waals surface area (Å²) in [5, 5.41) is 15.9. The molecule has 37 heavy (non-hydrogen) atoms. The zero-order chi connectivity index (χ0) is 26.7. The highest BCUT2D eigenvalue weighted by Gasteiger charge is 2.26. The number of halogens is 3. The Labute approximate surface area is 211 Å². The van der Waals surface area contributed by atoms with Gasteiger partial charge in [-0.15, -0.1) is 0 Å². The van der Waals surface area contributed by atoms with Gasteiger partial charge in [0.15, 0.2) is 11.6 Å². The number of hydrogen-bond donors (Lipinski definition) is 3. The quantitative estimate of drug-likeness (QED) is 0.427. The van der Waals surface area contributed by atoms with Gasteiger partial charge in [-0.1, -0.05) is 0 Å². The first-order chi connectivity index (χ1) is 17.6. The summed E-state index contributed by atoms with van der Waals surface area (Å²) in [5.74, 6) is -4.38. The topological polar surface area (TPSA) is 101 Å². The Hall–Kier alpha value is -4.08. The first-order valence-electron chi connectivity index (χ1n) is 11.8. The molecule has 4 rings (SSSR count). The van der Waals surface area contributed by atoms with Gasteiger partial charge in [0.05, 0.1) is 11.8 Å². The number of benzene rings is 2. The van der Waals surface area contributed by atoms with Crippen molar-refractivity contribution < 1.29 is 32.6 Å². The molecule has 194 valence electrons. The lowest BCUT2D eigenvalue weighted by Crippen LogP contribution is -2.44. The smallest absolute Gasteiger partial charge is 0.257 e. The van der Waals surface area contributed by atoms with Crippen LogP contribution in [0.5, 0.6) is 17.4 Å². The van der Waals surface area contributed by atoms with Crippen molar-refractivity contribution in [1.29, 1.82) is 0 Å². The Morgan fingerprint density at radius 2 is 1.46 bits per heavy atom. The summed E-state index contributed by atoms with van der Waals surface area (Å²) in [6.07, 6.45) is 3.13. The van der Waals surface area contributed by atoms with Crippen LogP contribution >= 0.6 is 0 Å². The molecule has 0 saturated heterocycles. The number of nitrogens with zero attached hydrogens (tertiary/aromatic N) is 1. The number of carbonyl (C=O) groups is 2. The maximum atomic E-state index is 13.9. The fourth-order valence-electron chi connectivity index (χ4n) is 4.21. The Morgan fingerprint density at radius 1 is 0.865 bits per heavy atom. The number of phenols is 1. The Bertz CT molecular complexity index is 1340. The van der Waals surface area contributed by atoms with Crippen molar-refractivity contribution >= 4 is 11.8 Å². The molecule has 0 radical (unpaired) electrons. The molecule has 1 saturated carbocycles. The highest BCUT2D eigenvalue weighted by Crippen LogP contribution is 2.27. The van der Waals surface area contributed by atoms with Gasteiger partial charge in [-0.25, -0.2) is 18.2 Å². The van der Waals surface area contributed by atoms with Gasteiger partial charge in [0.2, 0.25) is 5.88 Å². The predicted molar refractivity (Wildman–Crippen MR) is 129 cm³/mol. The van der Waals surface area contributed by atoms with Crippen molar-refractivity contribution in [3.8, 4) is 17.4 Å². The van der Waals surface area contributed by atoms with E-state index in [1.807, 2.05) is 13.8 Å². The van der Waals surface area contributed by atoms with E-state index in [1.165, 1.54) is 6.07 Å². The average Bonchev–Trinajstić information content (AvgIpc) is 2.86. The van der Waals surface area contributed by atoms with Crippen molar-refractivity contribution in [2.75, 3.05) is 0 Å². The maximum absolute atomic E-state index is 13.9. The van der Waals surface area contributed by atoms with Crippen LogP contribution in [0.15, 0.2) is 42.6 Å². The van der Waals surface area contributed by atoms with Gasteiger partial charge in [-0.3, -0.25) is 9.59 Å². The Morgan fingerprint density at radius 3 is 2.08 bits per heavy atom. The van der Waals surface area contributed by atoms with Crippen LogP contribution in [0.1, 0.15) is 57.5 Å². The molecule has 0 spiro atoms. The molecule has 7 nitrogen and oxygen atoms in total. The number of phenolic OH excluding ortho intramolecular Hbond substituents is 1. The molecule has 0 aliphatic heterocycles. The minimum absolute atomic E-state index is 0.0772. The number of amides is 2. The summed E-state index contributed by atoms with van der Waals surface area (Å²) in [6, 6.07) is 6.63. The van der Waals surface area contributed by atoms with Gasteiger partial charge < -0.3 is 20.5 Å². The minimum atomic E-state index is -1.14. The SMILES string of the molecule is Cc1cc(O)c(C(=O)NC2CCC(NC(=O)c3cc(F)cnc3Oc3ccc(F)c(F)c3)CC2)cc1C. The van der Waals surface area contributed by atoms with Gasteiger partial charge >= 0.3 is 0 Å². The van der Waals surface area contributed by atoms with E-state index in [9.17, 15) is 27.9 Å². The van der Waals surface area contributed by atoms with Crippen LogP contribution in [0, 0.1) is 31.3 Å². The van der Waals surface area contributed by atoms with Gasteiger partial charge in [0, 0.05) is 18.2 Å². The van der Waals surface area contributed by atoms with E-state index < -0.39 is 23.4 Å². The highest BCUT2D eigenvalue weighted by atomic mass is 19.2. The molecule has 1 heterocycles. The van der Waals surface area contributed by atoms with Crippen LogP contribution < -0.4 is 15.4 Å². The third-order valence-electron chi connectivity index (χ3n) is 6.42. The van der Waals surface area contributed by atoms with Crippen LogP contribution in [0.3, 0.4) is 0 Å². The summed E-state index contributed by atoms with van der Waals surface area (Å²) in [7, 11) is 0. The van der Waals surface area contributed by atoms with Crippen LogP contribution in [-0.4, -0.2) is 34.0 Å². The van der Waals surface area contributed by atoms with Crippen molar-refractivity contribution in [1.82, 2.24) is 15.6 Å². The van der Waals surface area contributed by atoms with E-state index in [-0.39, 0.29) is 46.5 Å². The van der Waals surface area contributed by atoms with Gasteiger partial charge in [-0.2, -0.15) is 0 Å². The van der Waals surface area contributed by atoms with Crippen molar-refractivity contribution in [3.63, 3.8) is 0 Å². The van der Waals surface area contributed by atoms with Gasteiger partial charge in [-0.05, 0) is 81.0 Å². The maximum Gasteiger partial charge on any atom is 0.257 e. The molecular weight excluding hydrogens is 487 g/mol. The fourth-order valence-corrected chi connectivity index (χ4v) is 4.21. The second-order valence-electron chi connectivity index (χ2n) is 9.13. The van der Waals surface area contributed by atoms with Gasteiger partial charge in [0.1, 0.15) is 22.9 Å². The molecule has 0 unspecified atom stereocenters. The number of pyridine rings is 1. The zero-order valence-corrected chi connectivity index (χ0v) is 20.3. The van der Waals surface area contributed by atoms with E-state index in [0.717, 1.165) is 35.5 Å². The van der Waals surface area contributed by atoms with Gasteiger partial charge in [0.25, 0.3) is 11.8 Å². The van der Waals surface area contributed by atoms with Crippen molar-refractivity contribution in [3.05, 3.63) is 82.3 Å². The molecule has 2 amide bonds. The number of aromatic nitrogens is 1. The van der Waals surface area contributed by atoms with E-state index in [4.69, 9.17) is 4.74 Å².